The van der Waals surface area contributed by atoms with Crippen molar-refractivity contribution in [2.45, 2.75) is 13.3 Å². The molecule has 1 aromatic heterocycles. The van der Waals surface area contributed by atoms with Gasteiger partial charge >= 0.3 is 0 Å². The van der Waals surface area contributed by atoms with Crippen molar-refractivity contribution in [2.24, 2.45) is 0 Å². The zero-order valence-corrected chi connectivity index (χ0v) is 8.73. The van der Waals surface area contributed by atoms with Crippen molar-refractivity contribution in [3.8, 4) is 0 Å². The number of carbonyl (C=O) groups excluding carboxylic acids is 1. The molecule has 0 saturated carbocycles. The fourth-order valence-electron chi connectivity index (χ4n) is 1.13. The SMILES string of the molecule is C/C=C/CCNC(=O)c1ncccc1N. The first kappa shape index (κ1) is 11.2. The van der Waals surface area contributed by atoms with Gasteiger partial charge in [0.15, 0.2) is 5.69 Å². The molecule has 0 fully saturated rings. The lowest BCUT2D eigenvalue weighted by Crippen LogP contribution is -2.26. The van der Waals surface area contributed by atoms with Crippen LogP contribution in [0.3, 0.4) is 0 Å². The molecule has 0 aromatic carbocycles. The highest BCUT2D eigenvalue weighted by molar-refractivity contribution is 5.96. The molecule has 0 spiro atoms. The van der Waals surface area contributed by atoms with Gasteiger partial charge in [-0.15, -0.1) is 0 Å². The Labute approximate surface area is 89.2 Å². The number of rotatable bonds is 4. The normalized spacial score (nSPS) is 10.5. The fourth-order valence-corrected chi connectivity index (χ4v) is 1.13. The van der Waals surface area contributed by atoms with Gasteiger partial charge in [-0.3, -0.25) is 4.79 Å². The van der Waals surface area contributed by atoms with Gasteiger partial charge in [0.25, 0.3) is 5.91 Å². The molecule has 0 radical (unpaired) electrons. The van der Waals surface area contributed by atoms with Crippen LogP contribution in [0, 0.1) is 0 Å². The summed E-state index contributed by atoms with van der Waals surface area (Å²) < 4.78 is 0. The molecule has 15 heavy (non-hydrogen) atoms. The molecule has 80 valence electrons. The summed E-state index contributed by atoms with van der Waals surface area (Å²) in [5, 5.41) is 2.74. The number of nitrogens with two attached hydrogens (primary N) is 1. The van der Waals surface area contributed by atoms with E-state index in [1.807, 2.05) is 19.1 Å². The van der Waals surface area contributed by atoms with Gasteiger partial charge in [-0.2, -0.15) is 0 Å². The maximum atomic E-state index is 11.6. The van der Waals surface area contributed by atoms with E-state index in [0.717, 1.165) is 6.42 Å². The molecule has 3 N–H and O–H groups in total. The summed E-state index contributed by atoms with van der Waals surface area (Å²) in [6.07, 6.45) is 6.30. The molecule has 1 heterocycles. The molecule has 1 amide bonds. The van der Waals surface area contributed by atoms with Gasteiger partial charge in [0, 0.05) is 12.7 Å². The van der Waals surface area contributed by atoms with Gasteiger partial charge in [-0.1, -0.05) is 12.2 Å². The van der Waals surface area contributed by atoms with Crippen LogP contribution in [0.2, 0.25) is 0 Å². The zero-order valence-electron chi connectivity index (χ0n) is 8.73. The van der Waals surface area contributed by atoms with Crippen LogP contribution < -0.4 is 11.1 Å². The van der Waals surface area contributed by atoms with Gasteiger partial charge in [-0.05, 0) is 25.5 Å². The monoisotopic (exact) mass is 205 g/mol. The van der Waals surface area contributed by atoms with Crippen LogP contribution in [-0.2, 0) is 0 Å². The van der Waals surface area contributed by atoms with Crippen molar-refractivity contribution < 1.29 is 4.79 Å². The number of hydrogen-bond donors (Lipinski definition) is 2. The minimum absolute atomic E-state index is 0.224. The predicted molar refractivity (Wildman–Crippen MR) is 60.4 cm³/mol. The quantitative estimate of drug-likeness (QED) is 0.576. The maximum absolute atomic E-state index is 11.6. The Morgan fingerprint density at radius 2 is 2.47 bits per heavy atom. The largest absolute Gasteiger partial charge is 0.397 e. The Morgan fingerprint density at radius 3 is 3.13 bits per heavy atom. The van der Waals surface area contributed by atoms with Gasteiger partial charge in [0.1, 0.15) is 0 Å². The summed E-state index contributed by atoms with van der Waals surface area (Å²) >= 11 is 0. The molecular formula is C11H15N3O. The number of hydrogen-bond acceptors (Lipinski definition) is 3. The lowest BCUT2D eigenvalue weighted by Gasteiger charge is -2.04. The molecule has 0 saturated heterocycles. The van der Waals surface area contributed by atoms with E-state index in [1.54, 1.807) is 18.3 Å². The summed E-state index contributed by atoms with van der Waals surface area (Å²) in [6.45, 7) is 2.54. The number of nitrogens with zero attached hydrogens (tertiary/aromatic N) is 1. The molecule has 0 aliphatic heterocycles. The molecule has 4 heteroatoms. The number of amides is 1. The molecule has 4 nitrogen and oxygen atoms in total. The molecule has 0 bridgehead atoms. The number of pyridine rings is 1. The number of nitrogen functional groups attached to an aromatic ring is 1. The highest BCUT2D eigenvalue weighted by atomic mass is 16.1. The maximum Gasteiger partial charge on any atom is 0.272 e. The number of allylic oxidation sites excluding steroid dienone is 1. The third-order valence-corrected chi connectivity index (χ3v) is 1.89. The molecule has 0 aliphatic rings. The van der Waals surface area contributed by atoms with Crippen molar-refractivity contribution >= 4 is 11.6 Å². The van der Waals surface area contributed by atoms with E-state index in [1.165, 1.54) is 0 Å². The van der Waals surface area contributed by atoms with Crippen molar-refractivity contribution in [3.05, 3.63) is 36.2 Å². The molecule has 1 rings (SSSR count). The summed E-state index contributed by atoms with van der Waals surface area (Å²) in [4.78, 5) is 15.5. The summed E-state index contributed by atoms with van der Waals surface area (Å²) in [5.74, 6) is -0.224. The fraction of sp³-hybridized carbons (Fsp3) is 0.273. The molecule has 0 unspecified atom stereocenters. The lowest BCUT2D eigenvalue weighted by atomic mass is 10.3. The average Bonchev–Trinajstić information content (AvgIpc) is 2.25. The van der Waals surface area contributed by atoms with Crippen LogP contribution in [-0.4, -0.2) is 17.4 Å². The number of anilines is 1. The Balaban J connectivity index is 2.51. The summed E-state index contributed by atoms with van der Waals surface area (Å²) in [6, 6.07) is 3.36. The van der Waals surface area contributed by atoms with E-state index < -0.39 is 0 Å². The highest BCUT2D eigenvalue weighted by Gasteiger charge is 2.08. The zero-order chi connectivity index (χ0) is 11.1. The minimum Gasteiger partial charge on any atom is -0.397 e. The minimum atomic E-state index is -0.224. The van der Waals surface area contributed by atoms with Crippen LogP contribution in [0.25, 0.3) is 0 Å². The van der Waals surface area contributed by atoms with Crippen LogP contribution in [0.5, 0.6) is 0 Å². The first-order chi connectivity index (χ1) is 7.25. The van der Waals surface area contributed by atoms with E-state index in [2.05, 4.69) is 10.3 Å². The Bertz CT molecular complexity index is 361. The van der Waals surface area contributed by atoms with Crippen LogP contribution in [0.1, 0.15) is 23.8 Å². The van der Waals surface area contributed by atoms with Crippen LogP contribution >= 0.6 is 0 Å². The van der Waals surface area contributed by atoms with Crippen molar-refractivity contribution in [3.63, 3.8) is 0 Å². The Kier molecular flexibility index (Phi) is 4.34. The smallest absolute Gasteiger partial charge is 0.272 e. The second-order valence-corrected chi connectivity index (χ2v) is 3.05. The first-order valence-corrected chi connectivity index (χ1v) is 4.85. The molecule has 1 aromatic rings. The number of aromatic nitrogens is 1. The second kappa shape index (κ2) is 5.80. The number of nitrogens with one attached hydrogen (secondary N) is 1. The summed E-state index contributed by atoms with van der Waals surface area (Å²) in [7, 11) is 0. The Morgan fingerprint density at radius 1 is 1.67 bits per heavy atom. The Hall–Kier alpha value is -1.84. The molecular weight excluding hydrogens is 190 g/mol. The van der Waals surface area contributed by atoms with Gasteiger partial charge < -0.3 is 11.1 Å². The topological polar surface area (TPSA) is 68.0 Å². The first-order valence-electron chi connectivity index (χ1n) is 4.85. The van der Waals surface area contributed by atoms with E-state index in [0.29, 0.717) is 12.2 Å². The van der Waals surface area contributed by atoms with E-state index in [4.69, 9.17) is 5.73 Å². The van der Waals surface area contributed by atoms with E-state index in [9.17, 15) is 4.79 Å². The van der Waals surface area contributed by atoms with Crippen LogP contribution in [0.4, 0.5) is 5.69 Å². The predicted octanol–water partition coefficient (Wildman–Crippen LogP) is 1.36. The second-order valence-electron chi connectivity index (χ2n) is 3.05. The third kappa shape index (κ3) is 3.42. The van der Waals surface area contributed by atoms with Crippen molar-refractivity contribution in [1.29, 1.82) is 0 Å². The summed E-state index contributed by atoms with van der Waals surface area (Å²) in [5.41, 5.74) is 6.31. The molecule has 0 atom stereocenters. The van der Waals surface area contributed by atoms with Gasteiger partial charge in [-0.25, -0.2) is 4.98 Å². The van der Waals surface area contributed by atoms with Crippen molar-refractivity contribution in [2.75, 3.05) is 12.3 Å². The number of carbonyl (C=O) groups is 1. The van der Waals surface area contributed by atoms with Gasteiger partial charge in [0.05, 0.1) is 5.69 Å². The third-order valence-electron chi connectivity index (χ3n) is 1.89. The van der Waals surface area contributed by atoms with Crippen LogP contribution in [0.15, 0.2) is 30.5 Å². The lowest BCUT2D eigenvalue weighted by molar-refractivity contribution is 0.0950. The standard InChI is InChI=1S/C11H15N3O/c1-2-3-4-7-14-11(15)10-9(12)6-5-8-13-10/h2-3,5-6,8H,4,7,12H2,1H3,(H,14,15)/b3-2+. The molecule has 0 aliphatic carbocycles. The van der Waals surface area contributed by atoms with Crippen molar-refractivity contribution in [1.82, 2.24) is 10.3 Å². The van der Waals surface area contributed by atoms with E-state index >= 15 is 0 Å². The average molecular weight is 205 g/mol. The highest BCUT2D eigenvalue weighted by Crippen LogP contribution is 2.05. The van der Waals surface area contributed by atoms with E-state index in [-0.39, 0.29) is 11.6 Å². The van der Waals surface area contributed by atoms with Gasteiger partial charge in [0.2, 0.25) is 0 Å².